The van der Waals surface area contributed by atoms with Crippen molar-refractivity contribution in [1.29, 1.82) is 0 Å². The molecule has 32 heavy (non-hydrogen) atoms. The van der Waals surface area contributed by atoms with Crippen LogP contribution in [0.25, 0.3) is 11.6 Å². The number of methoxy groups -OCH3 is 1. The van der Waals surface area contributed by atoms with Gasteiger partial charge in [-0.05, 0) is 54.0 Å². The molecule has 3 aromatic rings. The van der Waals surface area contributed by atoms with Crippen molar-refractivity contribution in [1.82, 2.24) is 0 Å². The number of carbonyl (C=O) groups excluding carboxylic acids is 1. The van der Waals surface area contributed by atoms with Crippen LogP contribution in [0.15, 0.2) is 60.7 Å². The molecule has 1 amide bonds. The molecule has 0 saturated heterocycles. The third-order valence-corrected chi connectivity index (χ3v) is 5.52. The molecule has 0 radical (unpaired) electrons. The average molecular weight is 452 g/mol. The minimum Gasteiger partial charge on any atom is -0.493 e. The van der Waals surface area contributed by atoms with Crippen molar-refractivity contribution in [2.45, 2.75) is 20.0 Å². The number of anilines is 1. The zero-order chi connectivity index (χ0) is 22.7. The predicted molar refractivity (Wildman–Crippen MR) is 126 cm³/mol. The Morgan fingerprint density at radius 3 is 2.66 bits per heavy atom. The molecule has 0 aromatic heterocycles. The van der Waals surface area contributed by atoms with Crippen molar-refractivity contribution in [3.8, 4) is 11.5 Å². The van der Waals surface area contributed by atoms with Crippen LogP contribution in [0.3, 0.4) is 0 Å². The van der Waals surface area contributed by atoms with Gasteiger partial charge in [-0.1, -0.05) is 48.9 Å². The molecule has 0 atom stereocenters. The SMILES string of the molecule is CCCN1C(=O)/C(=C\c2cc(Cl)c(OCc3cccc(F)c3)c(OC)c2)c2ccccc21. The van der Waals surface area contributed by atoms with Crippen LogP contribution in [0.5, 0.6) is 11.5 Å². The molecule has 0 N–H and O–H groups in total. The molecular formula is C26H23ClFNO3. The third kappa shape index (κ3) is 4.34. The first-order valence-corrected chi connectivity index (χ1v) is 10.8. The second-order valence-electron chi connectivity index (χ2n) is 7.48. The lowest BCUT2D eigenvalue weighted by Crippen LogP contribution is -2.26. The maximum atomic E-state index is 13.4. The van der Waals surface area contributed by atoms with Gasteiger partial charge in [-0.2, -0.15) is 0 Å². The first-order chi connectivity index (χ1) is 15.5. The molecule has 0 spiro atoms. The van der Waals surface area contributed by atoms with Gasteiger partial charge in [0.15, 0.2) is 11.5 Å². The maximum absolute atomic E-state index is 13.4. The van der Waals surface area contributed by atoms with Crippen LogP contribution in [0.2, 0.25) is 5.02 Å². The van der Waals surface area contributed by atoms with Gasteiger partial charge in [0.2, 0.25) is 0 Å². The Kier molecular flexibility index (Phi) is 6.47. The molecule has 1 aliphatic heterocycles. The highest BCUT2D eigenvalue weighted by Crippen LogP contribution is 2.41. The summed E-state index contributed by atoms with van der Waals surface area (Å²) in [4.78, 5) is 14.9. The standard InChI is InChI=1S/C26H23ClFNO3/c1-3-11-29-23-10-5-4-9-20(23)21(26(29)30)13-18-14-22(27)25(24(15-18)31-2)32-16-17-7-6-8-19(28)12-17/h4-10,12-15H,3,11,16H2,1-2H3/b21-13-. The Hall–Kier alpha value is -3.31. The van der Waals surface area contributed by atoms with E-state index in [4.69, 9.17) is 21.1 Å². The van der Waals surface area contributed by atoms with Crippen LogP contribution in [0.4, 0.5) is 10.1 Å². The monoisotopic (exact) mass is 451 g/mol. The lowest BCUT2D eigenvalue weighted by molar-refractivity contribution is -0.113. The van der Waals surface area contributed by atoms with Gasteiger partial charge < -0.3 is 14.4 Å². The lowest BCUT2D eigenvalue weighted by atomic mass is 10.0. The summed E-state index contributed by atoms with van der Waals surface area (Å²) in [6.07, 6.45) is 2.69. The maximum Gasteiger partial charge on any atom is 0.258 e. The highest BCUT2D eigenvalue weighted by molar-refractivity contribution is 6.36. The summed E-state index contributed by atoms with van der Waals surface area (Å²) in [7, 11) is 1.52. The Morgan fingerprint density at radius 1 is 1.09 bits per heavy atom. The van der Waals surface area contributed by atoms with E-state index in [9.17, 15) is 9.18 Å². The Labute approximate surface area is 191 Å². The largest absolute Gasteiger partial charge is 0.493 e. The lowest BCUT2D eigenvalue weighted by Gasteiger charge is -2.15. The first kappa shape index (κ1) is 21.9. The number of carbonyl (C=O) groups is 1. The number of hydrogen-bond donors (Lipinski definition) is 0. The van der Waals surface area contributed by atoms with Gasteiger partial charge in [-0.3, -0.25) is 4.79 Å². The second-order valence-corrected chi connectivity index (χ2v) is 7.89. The average Bonchev–Trinajstić information content (AvgIpc) is 3.04. The summed E-state index contributed by atoms with van der Waals surface area (Å²) in [5.41, 5.74) is 3.83. The summed E-state index contributed by atoms with van der Waals surface area (Å²) >= 11 is 6.51. The van der Waals surface area contributed by atoms with E-state index in [1.54, 1.807) is 29.2 Å². The van der Waals surface area contributed by atoms with Crippen LogP contribution in [-0.2, 0) is 11.4 Å². The molecule has 1 heterocycles. The van der Waals surface area contributed by atoms with Gasteiger partial charge in [0, 0.05) is 17.7 Å². The van der Waals surface area contributed by atoms with Gasteiger partial charge in [0.05, 0.1) is 17.8 Å². The summed E-state index contributed by atoms with van der Waals surface area (Å²) in [6, 6.07) is 17.5. The van der Waals surface area contributed by atoms with Crippen molar-refractivity contribution in [3.63, 3.8) is 0 Å². The molecule has 1 aliphatic rings. The molecule has 3 aromatic carbocycles. The van der Waals surface area contributed by atoms with E-state index >= 15 is 0 Å². The number of benzene rings is 3. The molecule has 0 unspecified atom stereocenters. The van der Waals surface area contributed by atoms with Crippen molar-refractivity contribution in [3.05, 3.63) is 88.2 Å². The van der Waals surface area contributed by atoms with Gasteiger partial charge in [-0.25, -0.2) is 4.39 Å². The van der Waals surface area contributed by atoms with Gasteiger partial charge in [0.25, 0.3) is 5.91 Å². The topological polar surface area (TPSA) is 38.8 Å². The number of nitrogens with zero attached hydrogens (tertiary/aromatic N) is 1. The predicted octanol–water partition coefficient (Wildman–Crippen LogP) is 6.36. The molecule has 4 nitrogen and oxygen atoms in total. The highest BCUT2D eigenvalue weighted by Gasteiger charge is 2.31. The number of hydrogen-bond acceptors (Lipinski definition) is 3. The van der Waals surface area contributed by atoms with E-state index < -0.39 is 0 Å². The molecule has 6 heteroatoms. The molecule has 0 aliphatic carbocycles. The first-order valence-electron chi connectivity index (χ1n) is 10.4. The van der Waals surface area contributed by atoms with Crippen molar-refractivity contribution >= 4 is 34.8 Å². The van der Waals surface area contributed by atoms with Gasteiger partial charge in [0.1, 0.15) is 12.4 Å². The quantitative estimate of drug-likeness (QED) is 0.392. The van der Waals surface area contributed by atoms with Gasteiger partial charge in [-0.15, -0.1) is 0 Å². The highest BCUT2D eigenvalue weighted by atomic mass is 35.5. The normalized spacial score (nSPS) is 14.1. The number of para-hydroxylation sites is 1. The van der Waals surface area contributed by atoms with E-state index in [1.807, 2.05) is 37.3 Å². The number of fused-ring (bicyclic) bond motifs is 1. The van der Waals surface area contributed by atoms with E-state index in [2.05, 4.69) is 0 Å². The number of ether oxygens (including phenoxy) is 2. The van der Waals surface area contributed by atoms with E-state index in [0.717, 1.165) is 23.2 Å². The molecular weight excluding hydrogens is 429 g/mol. The Balaban J connectivity index is 1.66. The number of rotatable bonds is 7. The number of amides is 1. The molecule has 4 rings (SSSR count). The Morgan fingerprint density at radius 2 is 1.91 bits per heavy atom. The van der Waals surface area contributed by atoms with E-state index in [-0.39, 0.29) is 18.3 Å². The summed E-state index contributed by atoms with van der Waals surface area (Å²) in [6.45, 7) is 2.85. The minimum absolute atomic E-state index is 0.0328. The second kappa shape index (κ2) is 9.45. The fraction of sp³-hybridized carbons (Fsp3) is 0.192. The van der Waals surface area contributed by atoms with Gasteiger partial charge >= 0.3 is 0 Å². The third-order valence-electron chi connectivity index (χ3n) is 5.24. The molecule has 0 saturated carbocycles. The molecule has 164 valence electrons. The van der Waals surface area contributed by atoms with E-state index in [0.29, 0.717) is 34.2 Å². The fourth-order valence-corrected chi connectivity index (χ4v) is 4.08. The zero-order valence-corrected chi connectivity index (χ0v) is 18.7. The summed E-state index contributed by atoms with van der Waals surface area (Å²) < 4.78 is 24.8. The van der Waals surface area contributed by atoms with Crippen LogP contribution >= 0.6 is 11.6 Å². The summed E-state index contributed by atoms with van der Waals surface area (Å²) in [5, 5.41) is 0.344. The Bertz CT molecular complexity index is 1190. The molecule has 0 bridgehead atoms. The van der Waals surface area contributed by atoms with Crippen LogP contribution in [0.1, 0.15) is 30.0 Å². The van der Waals surface area contributed by atoms with Crippen LogP contribution in [0, 0.1) is 5.82 Å². The van der Waals surface area contributed by atoms with Crippen LogP contribution < -0.4 is 14.4 Å². The molecule has 0 fully saturated rings. The van der Waals surface area contributed by atoms with Crippen molar-refractivity contribution < 1.29 is 18.7 Å². The van der Waals surface area contributed by atoms with Crippen molar-refractivity contribution in [2.24, 2.45) is 0 Å². The fourth-order valence-electron chi connectivity index (χ4n) is 3.80. The van der Waals surface area contributed by atoms with Crippen molar-refractivity contribution in [2.75, 3.05) is 18.6 Å². The zero-order valence-electron chi connectivity index (χ0n) is 17.9. The summed E-state index contributed by atoms with van der Waals surface area (Å²) in [5.74, 6) is 0.440. The van der Waals surface area contributed by atoms with E-state index in [1.165, 1.54) is 19.2 Å². The minimum atomic E-state index is -0.329. The number of halogens is 2. The smallest absolute Gasteiger partial charge is 0.258 e. The van der Waals surface area contributed by atoms with Crippen LogP contribution in [-0.4, -0.2) is 19.6 Å².